The fraction of sp³-hybridized carbons (Fsp3) is 0.562. The number of carbonyl (C=O) groups excluding carboxylic acids is 1. The van der Waals surface area contributed by atoms with Gasteiger partial charge in [-0.05, 0) is 66.0 Å². The van der Waals surface area contributed by atoms with Gasteiger partial charge in [-0.2, -0.15) is 0 Å². The van der Waals surface area contributed by atoms with Crippen molar-refractivity contribution in [3.8, 4) is 0 Å². The van der Waals surface area contributed by atoms with Crippen molar-refractivity contribution in [2.24, 2.45) is 5.92 Å². The highest BCUT2D eigenvalue weighted by molar-refractivity contribution is 14.1. The maximum atomic E-state index is 12.2. The normalized spacial score (nSPS) is 32.1. The Morgan fingerprint density at radius 3 is 2.90 bits per heavy atom. The van der Waals surface area contributed by atoms with Crippen molar-refractivity contribution >= 4 is 28.6 Å². The molecule has 20 heavy (non-hydrogen) atoms. The quantitative estimate of drug-likeness (QED) is 0.630. The van der Waals surface area contributed by atoms with Crippen molar-refractivity contribution in [1.29, 1.82) is 0 Å². The van der Waals surface area contributed by atoms with Crippen LogP contribution in [0.1, 0.15) is 36.3 Å². The Morgan fingerprint density at radius 2 is 2.20 bits per heavy atom. The maximum Gasteiger partial charge on any atom is 0.310 e. The first-order valence-electron chi connectivity index (χ1n) is 7.20. The number of carbonyl (C=O) groups is 1. The third kappa shape index (κ3) is 2.48. The zero-order valence-corrected chi connectivity index (χ0v) is 14.0. The van der Waals surface area contributed by atoms with Gasteiger partial charge in [-0.15, -0.1) is 0 Å². The summed E-state index contributed by atoms with van der Waals surface area (Å²) in [7, 11) is 1.50. The van der Waals surface area contributed by atoms with Crippen molar-refractivity contribution in [3.63, 3.8) is 0 Å². The molecule has 3 rings (SSSR count). The Kier molecular flexibility index (Phi) is 4.04. The maximum absolute atomic E-state index is 12.2. The molecule has 1 aromatic carbocycles. The van der Waals surface area contributed by atoms with Gasteiger partial charge in [0.15, 0.2) is 0 Å². The van der Waals surface area contributed by atoms with E-state index in [0.717, 1.165) is 12.8 Å². The summed E-state index contributed by atoms with van der Waals surface area (Å²) in [6.07, 6.45) is 3.30. The van der Waals surface area contributed by atoms with E-state index < -0.39 is 0 Å². The second-order valence-electron chi connectivity index (χ2n) is 5.95. The van der Waals surface area contributed by atoms with E-state index in [2.05, 4.69) is 53.0 Å². The molecular formula is C16H20INO2. The van der Waals surface area contributed by atoms with Gasteiger partial charge >= 0.3 is 5.97 Å². The van der Waals surface area contributed by atoms with Crippen LogP contribution in [0, 0.1) is 16.4 Å². The van der Waals surface area contributed by atoms with E-state index in [1.165, 1.54) is 28.2 Å². The zero-order valence-electron chi connectivity index (χ0n) is 11.9. The average molecular weight is 384 g/mol. The molecule has 0 aliphatic carbocycles. The number of fused-ring (bicyclic) bond motifs is 2. The highest BCUT2D eigenvalue weighted by atomic mass is 127. The summed E-state index contributed by atoms with van der Waals surface area (Å²) in [5.74, 6) is 0.177. The lowest BCUT2D eigenvalue weighted by molar-refractivity contribution is -0.148. The lowest BCUT2D eigenvalue weighted by Gasteiger charge is -2.36. The lowest BCUT2D eigenvalue weighted by Crippen LogP contribution is -2.48. The molecule has 0 radical (unpaired) electrons. The number of halogens is 1. The van der Waals surface area contributed by atoms with Crippen molar-refractivity contribution in [2.45, 2.75) is 44.2 Å². The molecule has 2 fully saturated rings. The standard InChI is InChI=1S/C16H20INO2/c1-9-3-4-10(7-13(9)17)12-8-11-5-6-14(18-11)15(12)16(19)20-2/h3-4,7,11-12,14-15,18H,5-6,8H2,1-2H3/t11-,12+,14+,15-/m0/s1/i2-1. The van der Waals surface area contributed by atoms with Crippen LogP contribution in [0.5, 0.6) is 0 Å². The van der Waals surface area contributed by atoms with Crippen LogP contribution in [-0.4, -0.2) is 25.2 Å². The van der Waals surface area contributed by atoms with E-state index in [0.29, 0.717) is 6.04 Å². The monoisotopic (exact) mass is 384 g/mol. The molecular weight excluding hydrogens is 364 g/mol. The van der Waals surface area contributed by atoms with E-state index in [9.17, 15) is 4.79 Å². The number of ether oxygens (including phenoxy) is 1. The van der Waals surface area contributed by atoms with Crippen LogP contribution in [0.4, 0.5) is 0 Å². The van der Waals surface area contributed by atoms with Crippen molar-refractivity contribution in [1.82, 2.24) is 5.32 Å². The summed E-state index contributed by atoms with van der Waals surface area (Å²) in [5, 5.41) is 3.58. The van der Waals surface area contributed by atoms with Gasteiger partial charge < -0.3 is 10.1 Å². The summed E-state index contributed by atoms with van der Waals surface area (Å²) >= 11 is 2.37. The van der Waals surface area contributed by atoms with Gasteiger partial charge in [0.1, 0.15) is 0 Å². The Balaban J connectivity index is 1.96. The number of rotatable bonds is 2. The van der Waals surface area contributed by atoms with Crippen LogP contribution in [-0.2, 0) is 9.53 Å². The molecule has 108 valence electrons. The number of benzene rings is 1. The molecule has 3 nitrogen and oxygen atoms in total. The van der Waals surface area contributed by atoms with E-state index >= 15 is 0 Å². The molecule has 2 saturated heterocycles. The molecule has 1 aromatic rings. The first-order chi connectivity index (χ1) is 9.60. The molecule has 0 amide bonds. The van der Waals surface area contributed by atoms with Gasteiger partial charge in [0.05, 0.1) is 13.0 Å². The first kappa shape index (κ1) is 14.3. The van der Waals surface area contributed by atoms with Crippen LogP contribution < -0.4 is 5.32 Å². The van der Waals surface area contributed by atoms with Crippen LogP contribution in [0.3, 0.4) is 0 Å². The van der Waals surface area contributed by atoms with Crippen LogP contribution in [0.2, 0.25) is 0 Å². The predicted octanol–water partition coefficient (Wildman–Crippen LogP) is 3.00. The Morgan fingerprint density at radius 1 is 1.40 bits per heavy atom. The molecule has 2 aliphatic heterocycles. The zero-order chi connectivity index (χ0) is 14.3. The van der Waals surface area contributed by atoms with E-state index in [1.807, 2.05) is 0 Å². The van der Waals surface area contributed by atoms with Crippen LogP contribution in [0.25, 0.3) is 0 Å². The second kappa shape index (κ2) is 5.64. The largest absolute Gasteiger partial charge is 0.469 e. The number of methoxy groups -OCH3 is 1. The van der Waals surface area contributed by atoms with Gasteiger partial charge in [0, 0.05) is 21.6 Å². The summed E-state index contributed by atoms with van der Waals surface area (Å²) in [5.41, 5.74) is 2.58. The highest BCUT2D eigenvalue weighted by Gasteiger charge is 2.46. The number of esters is 1. The number of aryl methyl sites for hydroxylation is 1. The van der Waals surface area contributed by atoms with Crippen LogP contribution >= 0.6 is 22.6 Å². The number of nitrogens with one attached hydrogen (secondary N) is 1. The van der Waals surface area contributed by atoms with Gasteiger partial charge in [-0.25, -0.2) is 0 Å². The first-order valence-corrected chi connectivity index (χ1v) is 8.28. The molecule has 0 aromatic heterocycles. The molecule has 2 bridgehead atoms. The predicted molar refractivity (Wildman–Crippen MR) is 86.7 cm³/mol. The minimum Gasteiger partial charge on any atom is -0.469 e. The van der Waals surface area contributed by atoms with Crippen molar-refractivity contribution in [3.05, 3.63) is 32.9 Å². The van der Waals surface area contributed by atoms with E-state index in [4.69, 9.17) is 4.74 Å². The van der Waals surface area contributed by atoms with E-state index in [1.54, 1.807) is 0 Å². The smallest absolute Gasteiger partial charge is 0.310 e. The summed E-state index contributed by atoms with van der Waals surface area (Å²) in [6, 6.07) is 7.43. The molecule has 4 heteroatoms. The fourth-order valence-corrected chi connectivity index (χ4v) is 4.24. The Bertz CT molecular complexity index is 531. The molecule has 1 N–H and O–H groups in total. The van der Waals surface area contributed by atoms with E-state index in [-0.39, 0.29) is 23.8 Å². The van der Waals surface area contributed by atoms with Crippen LogP contribution in [0.15, 0.2) is 18.2 Å². The molecule has 0 saturated carbocycles. The topological polar surface area (TPSA) is 38.3 Å². The minimum absolute atomic E-state index is 0.0442. The third-order valence-corrected chi connectivity index (χ3v) is 5.94. The van der Waals surface area contributed by atoms with Crippen molar-refractivity contribution in [2.75, 3.05) is 7.11 Å². The highest BCUT2D eigenvalue weighted by Crippen LogP contribution is 2.42. The average Bonchev–Trinajstić information content (AvgIpc) is 2.82. The van der Waals surface area contributed by atoms with Gasteiger partial charge in [-0.3, -0.25) is 4.79 Å². The number of piperidine rings is 1. The Hall–Kier alpha value is -0.620. The number of hydrogen-bond donors (Lipinski definition) is 1. The fourth-order valence-electron chi connectivity index (χ4n) is 3.70. The third-order valence-electron chi connectivity index (χ3n) is 4.78. The lowest BCUT2D eigenvalue weighted by atomic mass is 9.77. The molecule has 0 spiro atoms. The minimum atomic E-state index is -0.0663. The molecule has 2 aliphatic rings. The second-order valence-corrected chi connectivity index (χ2v) is 7.11. The molecule has 4 atom stereocenters. The Labute approximate surface area is 133 Å². The number of hydrogen-bond acceptors (Lipinski definition) is 3. The van der Waals surface area contributed by atoms with Crippen molar-refractivity contribution < 1.29 is 9.53 Å². The van der Waals surface area contributed by atoms with Gasteiger partial charge in [0.25, 0.3) is 0 Å². The molecule has 0 unspecified atom stereocenters. The SMILES string of the molecule is Cc1ccc([C@H]2C[C@@H]3CC[C@@H](N3)[C@H]2C(=O)O[11CH3])cc1I. The summed E-state index contributed by atoms with van der Waals surface area (Å²) in [4.78, 5) is 12.2. The summed E-state index contributed by atoms with van der Waals surface area (Å²) in [6.45, 7) is 2.12. The molecule has 2 heterocycles. The summed E-state index contributed by atoms with van der Waals surface area (Å²) < 4.78 is 6.34. The van der Waals surface area contributed by atoms with Gasteiger partial charge in [0.2, 0.25) is 0 Å². The van der Waals surface area contributed by atoms with Gasteiger partial charge in [-0.1, -0.05) is 12.1 Å².